The quantitative estimate of drug-likeness (QED) is 0.307. The molecule has 31 heavy (non-hydrogen) atoms. The Labute approximate surface area is 180 Å². The van der Waals surface area contributed by atoms with Gasteiger partial charge < -0.3 is 21.5 Å². The molecular weight excluding hydrogens is 429 g/mol. The third-order valence-electron chi connectivity index (χ3n) is 5.13. The maximum absolute atomic E-state index is 14.0. The van der Waals surface area contributed by atoms with E-state index in [0.717, 1.165) is 22.0 Å². The van der Waals surface area contributed by atoms with E-state index < -0.39 is 39.7 Å². The van der Waals surface area contributed by atoms with Crippen LogP contribution in [0.2, 0.25) is 0 Å². The molecular formula is C19H22FN5O5S. The van der Waals surface area contributed by atoms with Gasteiger partial charge in [0.1, 0.15) is 11.6 Å². The average Bonchev–Trinajstić information content (AvgIpc) is 2.83. The third-order valence-corrected chi connectivity index (χ3v) is 5.83. The first-order valence-electron chi connectivity index (χ1n) is 9.18. The molecule has 0 bridgehead atoms. The molecule has 0 fully saturated rings. The molecule has 6 N–H and O–H groups in total. The zero-order chi connectivity index (χ0) is 22.9. The SMILES string of the molecule is COc1cc(F)c([N+](=O)[O-])cc1NC(N)=C1C(C)C(N)Cc2ccccc2N1S(=O)O. The molecule has 2 aromatic carbocycles. The van der Waals surface area contributed by atoms with Crippen LogP contribution in [0.25, 0.3) is 0 Å². The zero-order valence-electron chi connectivity index (χ0n) is 16.7. The Kier molecular flexibility index (Phi) is 6.43. The van der Waals surface area contributed by atoms with E-state index in [-0.39, 0.29) is 23.0 Å². The molecule has 1 heterocycles. The van der Waals surface area contributed by atoms with Gasteiger partial charge in [0.2, 0.25) is 5.82 Å². The van der Waals surface area contributed by atoms with Crippen LogP contribution in [0.5, 0.6) is 5.75 Å². The fraction of sp³-hybridized carbons (Fsp3) is 0.263. The molecule has 10 nitrogen and oxygen atoms in total. The number of nitrogens with two attached hydrogens (primary N) is 2. The van der Waals surface area contributed by atoms with Gasteiger partial charge in [0.25, 0.3) is 11.3 Å². The number of ether oxygens (including phenoxy) is 1. The van der Waals surface area contributed by atoms with Crippen molar-refractivity contribution in [3.8, 4) is 5.75 Å². The summed E-state index contributed by atoms with van der Waals surface area (Å²) in [5, 5.41) is 13.9. The number of hydrogen-bond acceptors (Lipinski definition) is 7. The first-order valence-corrected chi connectivity index (χ1v) is 10.2. The van der Waals surface area contributed by atoms with Crippen LogP contribution in [0.4, 0.5) is 21.5 Å². The molecule has 1 aliphatic rings. The van der Waals surface area contributed by atoms with Gasteiger partial charge in [0.05, 0.1) is 29.1 Å². The van der Waals surface area contributed by atoms with Crippen LogP contribution >= 0.6 is 0 Å². The Hall–Kier alpha value is -3.22. The van der Waals surface area contributed by atoms with Gasteiger partial charge in [-0.15, -0.1) is 0 Å². The first kappa shape index (κ1) is 22.5. The van der Waals surface area contributed by atoms with E-state index in [0.29, 0.717) is 12.1 Å². The lowest BCUT2D eigenvalue weighted by atomic mass is 9.95. The number of rotatable bonds is 5. The van der Waals surface area contributed by atoms with Crippen LogP contribution in [0.1, 0.15) is 12.5 Å². The number of nitrogens with one attached hydrogen (secondary N) is 1. The van der Waals surface area contributed by atoms with Gasteiger partial charge in [-0.1, -0.05) is 25.1 Å². The monoisotopic (exact) mass is 451 g/mol. The number of methoxy groups -OCH3 is 1. The van der Waals surface area contributed by atoms with Gasteiger partial charge in [-0.2, -0.15) is 4.39 Å². The number of para-hydroxylation sites is 1. The molecule has 1 aliphatic heterocycles. The van der Waals surface area contributed by atoms with Crippen molar-refractivity contribution in [1.82, 2.24) is 0 Å². The predicted molar refractivity (Wildman–Crippen MR) is 115 cm³/mol. The highest BCUT2D eigenvalue weighted by molar-refractivity contribution is 7.81. The summed E-state index contributed by atoms with van der Waals surface area (Å²) in [6.45, 7) is 1.75. The smallest absolute Gasteiger partial charge is 0.307 e. The molecule has 3 atom stereocenters. The maximum atomic E-state index is 14.0. The third kappa shape index (κ3) is 4.31. The molecule has 0 amide bonds. The van der Waals surface area contributed by atoms with E-state index in [2.05, 4.69) is 5.32 Å². The summed E-state index contributed by atoms with van der Waals surface area (Å²) in [5.41, 5.74) is 13.3. The van der Waals surface area contributed by atoms with Crippen molar-refractivity contribution in [1.29, 1.82) is 0 Å². The van der Waals surface area contributed by atoms with Gasteiger partial charge in [0.15, 0.2) is 0 Å². The summed E-state index contributed by atoms with van der Waals surface area (Å²) >= 11 is -2.49. The average molecular weight is 451 g/mol. The fourth-order valence-corrected chi connectivity index (χ4v) is 4.29. The highest BCUT2D eigenvalue weighted by Crippen LogP contribution is 2.37. The van der Waals surface area contributed by atoms with Crippen molar-refractivity contribution in [2.45, 2.75) is 19.4 Å². The summed E-state index contributed by atoms with van der Waals surface area (Å²) in [6, 6.07) is 8.36. The number of halogens is 1. The predicted octanol–water partition coefficient (Wildman–Crippen LogP) is 2.45. The highest BCUT2D eigenvalue weighted by atomic mass is 32.2. The Balaban J connectivity index is 2.18. The van der Waals surface area contributed by atoms with E-state index in [9.17, 15) is 23.3 Å². The summed E-state index contributed by atoms with van der Waals surface area (Å²) in [4.78, 5) is 10.3. The maximum Gasteiger partial charge on any atom is 0.307 e. The first-order chi connectivity index (χ1) is 14.6. The lowest BCUT2D eigenvalue weighted by Crippen LogP contribution is -2.38. The Bertz CT molecular complexity index is 1080. The van der Waals surface area contributed by atoms with Crippen molar-refractivity contribution in [2.75, 3.05) is 16.7 Å². The molecule has 0 saturated carbocycles. The minimum Gasteiger partial charge on any atom is -0.494 e. The van der Waals surface area contributed by atoms with Crippen LogP contribution in [0.3, 0.4) is 0 Å². The Morgan fingerprint density at radius 2 is 2.10 bits per heavy atom. The van der Waals surface area contributed by atoms with Crippen LogP contribution in [0, 0.1) is 21.8 Å². The van der Waals surface area contributed by atoms with Crippen molar-refractivity contribution >= 4 is 28.3 Å². The zero-order valence-corrected chi connectivity index (χ0v) is 17.6. The minimum absolute atomic E-state index is 0.0163. The molecule has 0 saturated heterocycles. The van der Waals surface area contributed by atoms with Gasteiger partial charge in [-0.25, -0.2) is 8.51 Å². The summed E-state index contributed by atoms with van der Waals surface area (Å²) < 4.78 is 42.6. The van der Waals surface area contributed by atoms with Crippen molar-refractivity contribution < 1.29 is 22.8 Å². The lowest BCUT2D eigenvalue weighted by Gasteiger charge is -2.29. The van der Waals surface area contributed by atoms with Crippen molar-refractivity contribution in [3.05, 3.63) is 69.4 Å². The van der Waals surface area contributed by atoms with Crippen LogP contribution in [0.15, 0.2) is 47.9 Å². The van der Waals surface area contributed by atoms with Crippen molar-refractivity contribution in [3.63, 3.8) is 0 Å². The number of fused-ring (bicyclic) bond motifs is 1. The number of hydrogen-bond donors (Lipinski definition) is 4. The second-order valence-corrected chi connectivity index (χ2v) is 7.82. The Morgan fingerprint density at radius 3 is 2.71 bits per heavy atom. The van der Waals surface area contributed by atoms with E-state index in [1.165, 1.54) is 7.11 Å². The summed E-state index contributed by atoms with van der Waals surface area (Å²) in [5.74, 6) is -1.66. The van der Waals surface area contributed by atoms with Crippen LogP contribution in [-0.2, 0) is 17.7 Å². The largest absolute Gasteiger partial charge is 0.494 e. The van der Waals surface area contributed by atoms with Gasteiger partial charge in [-0.05, 0) is 18.1 Å². The molecule has 3 rings (SSSR count). The molecule has 0 aliphatic carbocycles. The second-order valence-electron chi connectivity index (χ2n) is 7.00. The van der Waals surface area contributed by atoms with Gasteiger partial charge in [-0.3, -0.25) is 14.7 Å². The number of anilines is 2. The van der Waals surface area contributed by atoms with E-state index >= 15 is 0 Å². The fourth-order valence-electron chi connectivity index (χ4n) is 3.51. The highest BCUT2D eigenvalue weighted by Gasteiger charge is 2.34. The summed E-state index contributed by atoms with van der Waals surface area (Å²) in [7, 11) is 1.27. The Morgan fingerprint density at radius 1 is 1.42 bits per heavy atom. The van der Waals surface area contributed by atoms with Crippen LogP contribution < -0.4 is 25.8 Å². The van der Waals surface area contributed by atoms with Crippen molar-refractivity contribution in [2.24, 2.45) is 17.4 Å². The topological polar surface area (TPSA) is 157 Å². The van der Waals surface area contributed by atoms with E-state index in [1.807, 2.05) is 0 Å². The lowest BCUT2D eigenvalue weighted by molar-refractivity contribution is -0.387. The molecule has 166 valence electrons. The molecule has 0 radical (unpaired) electrons. The second kappa shape index (κ2) is 8.88. The molecule has 2 aromatic rings. The normalized spacial score (nSPS) is 21.0. The standard InChI is InChI=1S/C19H22FN5O5S/c1-10-13(21)7-11-5-3-4-6-15(11)24(31(28)29)18(10)19(22)23-14-9-16(25(26)27)12(20)8-17(14)30-2/h3-6,8-10,13,23H,7,21-22H2,1-2H3,(H,28,29). The summed E-state index contributed by atoms with van der Waals surface area (Å²) in [6.07, 6.45) is 0.438. The number of nitro groups is 1. The van der Waals surface area contributed by atoms with Crippen LogP contribution in [-0.4, -0.2) is 26.8 Å². The number of nitro benzene ring substituents is 1. The molecule has 0 aromatic heterocycles. The van der Waals surface area contributed by atoms with Gasteiger partial charge >= 0.3 is 5.69 Å². The molecule has 3 unspecified atom stereocenters. The minimum atomic E-state index is -2.49. The number of nitrogens with zero attached hydrogens (tertiary/aromatic N) is 2. The van der Waals surface area contributed by atoms with E-state index in [4.69, 9.17) is 16.2 Å². The number of benzene rings is 2. The van der Waals surface area contributed by atoms with Gasteiger partial charge in [0, 0.05) is 24.1 Å². The molecule has 0 spiro atoms. The van der Waals surface area contributed by atoms with E-state index in [1.54, 1.807) is 31.2 Å². The molecule has 12 heteroatoms.